The molecular weight excluding hydrogens is 515 g/mol. The summed E-state index contributed by atoms with van der Waals surface area (Å²) in [6.45, 7) is 7.87. The number of benzene rings is 2. The number of hydrogen-bond donors (Lipinski definition) is 2. The average Bonchev–Trinajstić information content (AvgIpc) is 3.27. The van der Waals surface area contributed by atoms with Crippen LogP contribution in [0.1, 0.15) is 31.1 Å². The van der Waals surface area contributed by atoms with Crippen LogP contribution < -0.4 is 20.3 Å². The lowest BCUT2D eigenvalue weighted by Crippen LogP contribution is -2.54. The molecule has 0 bridgehead atoms. The Balaban J connectivity index is 1.50. The van der Waals surface area contributed by atoms with Gasteiger partial charge in [0.05, 0.1) is 17.6 Å². The maximum atomic E-state index is 14.7. The van der Waals surface area contributed by atoms with Crippen LogP contribution in [-0.2, 0) is 11.8 Å². The minimum atomic E-state index is -0.524. The molecule has 2 amide bonds. The number of likely N-dealkylation sites (N-methyl/N-ethyl adjacent to an activating group) is 1. The number of nitrogens with one attached hydrogen (secondary N) is 2. The fourth-order valence-electron chi connectivity index (χ4n) is 5.06. The molecule has 0 spiro atoms. The predicted molar refractivity (Wildman–Crippen MR) is 151 cm³/mol. The van der Waals surface area contributed by atoms with Crippen LogP contribution in [0.15, 0.2) is 36.7 Å². The fourth-order valence-corrected chi connectivity index (χ4v) is 5.06. The van der Waals surface area contributed by atoms with E-state index in [1.807, 2.05) is 6.07 Å². The van der Waals surface area contributed by atoms with Crippen LogP contribution in [0.25, 0.3) is 21.8 Å². The van der Waals surface area contributed by atoms with Crippen LogP contribution in [0, 0.1) is 5.82 Å². The van der Waals surface area contributed by atoms with Gasteiger partial charge < -0.3 is 25.2 Å². The number of rotatable bonds is 7. The summed E-state index contributed by atoms with van der Waals surface area (Å²) in [6.07, 6.45) is 3.35. The highest BCUT2D eigenvalue weighted by Gasteiger charge is 2.25. The Hall–Kier alpha value is -4.32. The van der Waals surface area contributed by atoms with Gasteiger partial charge in [-0.15, -0.1) is 0 Å². The first kappa shape index (κ1) is 27.3. The molecule has 3 heterocycles. The number of piperazine rings is 1. The largest absolute Gasteiger partial charge is 0.462 e. The smallest absolute Gasteiger partial charge is 0.317 e. The first-order chi connectivity index (χ1) is 19.1. The summed E-state index contributed by atoms with van der Waals surface area (Å²) < 4.78 is 21.9. The standard InChI is InChI=1S/C28H33FN8O3/c1-16-13-37(14-17(2)31-16)24-7-6-21(26-22(24)12-30-28(33-26)40-9-8-35(4)18(3)38)27(39)32-20-10-19-15-36(5)34-25(19)23(29)11-20/h6-7,10-12,15-17,31H,8-9,13-14H2,1-5H3,(H,32,39)/t16-,17-/m0/s1. The summed E-state index contributed by atoms with van der Waals surface area (Å²) in [4.78, 5) is 37.9. The SMILES string of the molecule is CC(=O)N(C)CCOc1ncc2c(N3C[C@H](C)N[C@@H](C)C3)ccc(C(=O)Nc3cc(F)c4nn(C)cc4c3)c2n1. The highest BCUT2D eigenvalue weighted by atomic mass is 19.1. The number of amides is 2. The van der Waals surface area contributed by atoms with Crippen molar-refractivity contribution >= 4 is 45.0 Å². The molecule has 1 aliphatic rings. The van der Waals surface area contributed by atoms with E-state index in [1.54, 1.807) is 38.6 Å². The molecule has 11 nitrogen and oxygen atoms in total. The van der Waals surface area contributed by atoms with Crippen molar-refractivity contribution in [2.75, 3.05) is 43.5 Å². The third-order valence-corrected chi connectivity index (χ3v) is 6.98. The molecule has 2 atom stereocenters. The number of halogens is 1. The Morgan fingerprint density at radius 1 is 1.20 bits per heavy atom. The van der Waals surface area contributed by atoms with Gasteiger partial charge in [0.1, 0.15) is 12.1 Å². The average molecular weight is 549 g/mol. The molecule has 5 rings (SSSR count). The number of ether oxygens (including phenoxy) is 1. The monoisotopic (exact) mass is 548 g/mol. The number of hydrogen-bond acceptors (Lipinski definition) is 8. The van der Waals surface area contributed by atoms with Gasteiger partial charge in [0.15, 0.2) is 5.82 Å². The molecule has 1 saturated heterocycles. The highest BCUT2D eigenvalue weighted by Crippen LogP contribution is 2.31. The second-order valence-electron chi connectivity index (χ2n) is 10.4. The zero-order chi connectivity index (χ0) is 28.6. The number of fused-ring (bicyclic) bond motifs is 2. The van der Waals surface area contributed by atoms with Gasteiger partial charge in [-0.2, -0.15) is 10.1 Å². The van der Waals surface area contributed by atoms with Crippen molar-refractivity contribution in [3.8, 4) is 6.01 Å². The number of carbonyl (C=O) groups is 2. The summed E-state index contributed by atoms with van der Waals surface area (Å²) in [5.41, 5.74) is 2.18. The van der Waals surface area contributed by atoms with Gasteiger partial charge in [0.25, 0.3) is 5.91 Å². The molecule has 12 heteroatoms. The van der Waals surface area contributed by atoms with Crippen LogP contribution in [0.2, 0.25) is 0 Å². The highest BCUT2D eigenvalue weighted by molar-refractivity contribution is 6.14. The van der Waals surface area contributed by atoms with Gasteiger partial charge in [-0.25, -0.2) is 9.37 Å². The van der Waals surface area contributed by atoms with E-state index >= 15 is 0 Å². The maximum absolute atomic E-state index is 14.7. The van der Waals surface area contributed by atoms with E-state index in [-0.39, 0.29) is 36.1 Å². The Labute approximate surface area is 231 Å². The Morgan fingerprint density at radius 3 is 2.67 bits per heavy atom. The van der Waals surface area contributed by atoms with Crippen LogP contribution >= 0.6 is 0 Å². The van der Waals surface area contributed by atoms with Gasteiger partial charge in [-0.05, 0) is 38.1 Å². The van der Waals surface area contributed by atoms with Crippen LogP contribution in [0.4, 0.5) is 15.8 Å². The summed E-state index contributed by atoms with van der Waals surface area (Å²) in [5.74, 6) is -1.04. The number of anilines is 2. The molecule has 1 fully saturated rings. The summed E-state index contributed by atoms with van der Waals surface area (Å²) in [7, 11) is 3.39. The van der Waals surface area contributed by atoms with Crippen molar-refractivity contribution in [1.82, 2.24) is 30.0 Å². The molecule has 2 aromatic heterocycles. The second kappa shape index (κ2) is 11.0. The van der Waals surface area contributed by atoms with Crippen molar-refractivity contribution in [1.29, 1.82) is 0 Å². The maximum Gasteiger partial charge on any atom is 0.317 e. The van der Waals surface area contributed by atoms with Crippen molar-refractivity contribution < 1.29 is 18.7 Å². The van der Waals surface area contributed by atoms with Gasteiger partial charge in [0.2, 0.25) is 5.91 Å². The number of aromatic nitrogens is 4. The first-order valence-electron chi connectivity index (χ1n) is 13.2. The van der Waals surface area contributed by atoms with E-state index in [0.717, 1.165) is 18.8 Å². The topological polar surface area (TPSA) is 118 Å². The number of nitrogens with zero attached hydrogens (tertiary/aromatic N) is 6. The Morgan fingerprint density at radius 2 is 1.95 bits per heavy atom. The molecule has 2 N–H and O–H groups in total. The Bertz CT molecular complexity index is 1580. The zero-order valence-electron chi connectivity index (χ0n) is 23.2. The first-order valence-corrected chi connectivity index (χ1v) is 13.2. The van der Waals surface area contributed by atoms with Gasteiger partial charge in [-0.3, -0.25) is 14.3 Å². The normalized spacial score (nSPS) is 17.3. The van der Waals surface area contributed by atoms with Crippen LogP contribution in [-0.4, -0.2) is 81.8 Å². The molecule has 0 saturated carbocycles. The van der Waals surface area contributed by atoms with Gasteiger partial charge >= 0.3 is 6.01 Å². The summed E-state index contributed by atoms with van der Waals surface area (Å²) in [6, 6.07) is 7.21. The van der Waals surface area contributed by atoms with Gasteiger partial charge in [0, 0.05) is 80.7 Å². The van der Waals surface area contributed by atoms with Crippen molar-refractivity contribution in [2.24, 2.45) is 7.05 Å². The summed E-state index contributed by atoms with van der Waals surface area (Å²) >= 11 is 0. The second-order valence-corrected chi connectivity index (χ2v) is 10.4. The van der Waals surface area contributed by atoms with E-state index in [2.05, 4.69) is 44.4 Å². The molecule has 0 radical (unpaired) electrons. The number of aryl methyl sites for hydroxylation is 1. The third-order valence-electron chi connectivity index (χ3n) is 6.98. The summed E-state index contributed by atoms with van der Waals surface area (Å²) in [5, 5.41) is 11.7. The van der Waals surface area contributed by atoms with E-state index < -0.39 is 11.7 Å². The molecule has 0 aliphatic carbocycles. The van der Waals surface area contributed by atoms with E-state index in [4.69, 9.17) is 4.74 Å². The van der Waals surface area contributed by atoms with Crippen molar-refractivity contribution in [2.45, 2.75) is 32.9 Å². The molecular formula is C28H33FN8O3. The molecule has 0 unspecified atom stereocenters. The Kier molecular flexibility index (Phi) is 7.53. The molecule has 1 aliphatic heterocycles. The minimum Gasteiger partial charge on any atom is -0.462 e. The lowest BCUT2D eigenvalue weighted by atomic mass is 10.0. The lowest BCUT2D eigenvalue weighted by molar-refractivity contribution is -0.127. The van der Waals surface area contributed by atoms with Crippen molar-refractivity contribution in [3.63, 3.8) is 0 Å². The van der Waals surface area contributed by atoms with Gasteiger partial charge in [-0.1, -0.05) is 0 Å². The van der Waals surface area contributed by atoms with Crippen molar-refractivity contribution in [3.05, 3.63) is 48.0 Å². The third kappa shape index (κ3) is 5.67. The van der Waals surface area contributed by atoms with E-state index in [0.29, 0.717) is 34.1 Å². The molecule has 2 aromatic carbocycles. The molecule has 40 heavy (non-hydrogen) atoms. The number of carbonyl (C=O) groups excluding carboxylic acids is 2. The predicted octanol–water partition coefficient (Wildman–Crippen LogP) is 2.95. The van der Waals surface area contributed by atoms with E-state index in [9.17, 15) is 14.0 Å². The molecule has 4 aromatic rings. The molecule has 210 valence electrons. The van der Waals surface area contributed by atoms with Crippen LogP contribution in [0.5, 0.6) is 6.01 Å². The lowest BCUT2D eigenvalue weighted by Gasteiger charge is -2.38. The van der Waals surface area contributed by atoms with E-state index in [1.165, 1.54) is 22.6 Å². The minimum absolute atomic E-state index is 0.0768. The quantitative estimate of drug-likeness (QED) is 0.362. The zero-order valence-corrected chi connectivity index (χ0v) is 23.2. The van der Waals surface area contributed by atoms with Crippen LogP contribution in [0.3, 0.4) is 0 Å². The fraction of sp³-hybridized carbons (Fsp3) is 0.393.